The summed E-state index contributed by atoms with van der Waals surface area (Å²) in [6.45, 7) is 4.78. The lowest BCUT2D eigenvalue weighted by molar-refractivity contribution is 0.580. The van der Waals surface area contributed by atoms with E-state index in [0.717, 1.165) is 5.04 Å². The molecule has 0 aromatic heterocycles. The molecule has 1 heterocycles. The lowest BCUT2D eigenvalue weighted by Gasteiger charge is -2.33. The first-order valence-electron chi connectivity index (χ1n) is 2.71. The Kier molecular flexibility index (Phi) is 0.797. The van der Waals surface area contributed by atoms with Crippen LogP contribution in [-0.4, -0.2) is 9.52 Å². The van der Waals surface area contributed by atoms with Crippen LogP contribution in [0, 0.1) is 0 Å². The molecule has 36 valence electrons. The highest BCUT2D eigenvalue weighted by Crippen LogP contribution is 2.39. The molecule has 1 heteroatoms. The summed E-state index contributed by atoms with van der Waals surface area (Å²) in [6, 6.07) is 1.60. The zero-order valence-corrected chi connectivity index (χ0v) is 6.04. The minimum absolute atomic E-state index is 0.433. The van der Waals surface area contributed by atoms with Crippen molar-refractivity contribution in [3.05, 3.63) is 0 Å². The molecular formula is C5H12Si. The first kappa shape index (κ1) is 4.38. The summed E-state index contributed by atoms with van der Waals surface area (Å²) in [5, 5.41) is 0.861. The smallest absolute Gasteiger partial charge is 0.0263 e. The number of hydrogen-bond acceptors (Lipinski definition) is 0. The number of hydrogen-bond donors (Lipinski definition) is 0. The summed E-state index contributed by atoms with van der Waals surface area (Å²) in [4.78, 5) is 0. The van der Waals surface area contributed by atoms with E-state index in [1.165, 1.54) is 6.42 Å². The monoisotopic (exact) mass is 100 g/mol. The fraction of sp³-hybridized carbons (Fsp3) is 1.00. The predicted octanol–water partition coefficient (Wildman–Crippen LogP) is 1.18. The Morgan fingerprint density at radius 1 is 1.50 bits per heavy atom. The predicted molar refractivity (Wildman–Crippen MR) is 32.0 cm³/mol. The van der Waals surface area contributed by atoms with Crippen molar-refractivity contribution < 1.29 is 0 Å². The van der Waals surface area contributed by atoms with Crippen LogP contribution in [0.4, 0.5) is 0 Å². The molecule has 6 heavy (non-hydrogen) atoms. The van der Waals surface area contributed by atoms with Gasteiger partial charge >= 0.3 is 0 Å². The average Bonchev–Trinajstić information content (AvgIpc) is 1.32. The van der Waals surface area contributed by atoms with Crippen molar-refractivity contribution >= 4 is 9.52 Å². The van der Waals surface area contributed by atoms with Crippen molar-refractivity contribution in [2.45, 2.75) is 31.4 Å². The van der Waals surface area contributed by atoms with E-state index in [1.807, 2.05) is 0 Å². The zero-order chi connectivity index (χ0) is 4.62. The van der Waals surface area contributed by atoms with E-state index in [0.29, 0.717) is 9.52 Å². The fourth-order valence-electron chi connectivity index (χ4n) is 0.884. The highest BCUT2D eigenvalue weighted by molar-refractivity contribution is 6.43. The Balaban J connectivity index is 2.31. The normalized spacial score (nSPS) is 33.0. The van der Waals surface area contributed by atoms with Crippen molar-refractivity contribution in [3.63, 3.8) is 0 Å². The maximum Gasteiger partial charge on any atom is 0.0263 e. The lowest BCUT2D eigenvalue weighted by atomic mass is 10.1. The molecule has 0 radical (unpaired) electrons. The van der Waals surface area contributed by atoms with Gasteiger partial charge in [-0.15, -0.1) is 0 Å². The summed E-state index contributed by atoms with van der Waals surface area (Å²) in [6.07, 6.45) is 1.51. The van der Waals surface area contributed by atoms with Crippen LogP contribution in [0.2, 0.25) is 11.1 Å². The maximum atomic E-state index is 2.39. The summed E-state index contributed by atoms with van der Waals surface area (Å²) in [7, 11) is 0.433. The summed E-state index contributed by atoms with van der Waals surface area (Å²) >= 11 is 0. The highest BCUT2D eigenvalue weighted by atomic mass is 28.2. The van der Waals surface area contributed by atoms with Crippen molar-refractivity contribution in [2.24, 2.45) is 0 Å². The van der Waals surface area contributed by atoms with Gasteiger partial charge in [0, 0.05) is 9.52 Å². The molecule has 1 aliphatic rings. The van der Waals surface area contributed by atoms with Crippen LogP contribution in [0.5, 0.6) is 0 Å². The van der Waals surface area contributed by atoms with E-state index in [2.05, 4.69) is 13.8 Å². The van der Waals surface area contributed by atoms with Gasteiger partial charge in [0.15, 0.2) is 0 Å². The van der Waals surface area contributed by atoms with Gasteiger partial charge in [0.2, 0.25) is 0 Å². The molecule has 0 spiro atoms. The van der Waals surface area contributed by atoms with Crippen LogP contribution in [-0.2, 0) is 0 Å². The maximum absolute atomic E-state index is 2.39. The Labute approximate surface area is 41.8 Å². The molecule has 0 aliphatic carbocycles. The molecule has 0 unspecified atom stereocenters. The van der Waals surface area contributed by atoms with Crippen LogP contribution in [0.15, 0.2) is 0 Å². The van der Waals surface area contributed by atoms with Crippen molar-refractivity contribution in [2.75, 3.05) is 0 Å². The third kappa shape index (κ3) is 0.646. The largest absolute Gasteiger partial charge is 0.0629 e. The molecule has 1 fully saturated rings. The summed E-state index contributed by atoms with van der Waals surface area (Å²) < 4.78 is 0. The topological polar surface area (TPSA) is 0 Å². The van der Waals surface area contributed by atoms with Crippen LogP contribution in [0.1, 0.15) is 20.3 Å². The summed E-state index contributed by atoms with van der Waals surface area (Å²) in [5.74, 6) is 0. The minimum atomic E-state index is 0.433. The second-order valence-electron chi connectivity index (χ2n) is 3.02. The van der Waals surface area contributed by atoms with E-state index in [1.54, 1.807) is 6.04 Å². The molecular weight excluding hydrogens is 88.1 g/mol. The molecule has 1 saturated heterocycles. The first-order valence-corrected chi connectivity index (χ1v) is 4.41. The van der Waals surface area contributed by atoms with Gasteiger partial charge < -0.3 is 0 Å². The van der Waals surface area contributed by atoms with E-state index >= 15 is 0 Å². The van der Waals surface area contributed by atoms with E-state index in [4.69, 9.17) is 0 Å². The fourth-order valence-corrected chi connectivity index (χ4v) is 2.65. The van der Waals surface area contributed by atoms with Gasteiger partial charge in [0.1, 0.15) is 0 Å². The molecule has 1 rings (SSSR count). The van der Waals surface area contributed by atoms with Gasteiger partial charge in [-0.05, 0) is 5.04 Å². The zero-order valence-electron chi connectivity index (χ0n) is 4.62. The first-order chi connectivity index (χ1) is 2.71. The Bertz CT molecular complexity index is 51.0. The van der Waals surface area contributed by atoms with E-state index in [-0.39, 0.29) is 0 Å². The second-order valence-corrected chi connectivity index (χ2v) is 6.14. The van der Waals surface area contributed by atoms with E-state index in [9.17, 15) is 0 Å². The van der Waals surface area contributed by atoms with Crippen LogP contribution in [0.3, 0.4) is 0 Å². The quantitative estimate of drug-likeness (QED) is 0.401. The molecule has 0 atom stereocenters. The van der Waals surface area contributed by atoms with Gasteiger partial charge in [0.25, 0.3) is 0 Å². The second kappa shape index (κ2) is 1.09. The van der Waals surface area contributed by atoms with Crippen LogP contribution < -0.4 is 0 Å². The molecule has 0 aromatic carbocycles. The van der Waals surface area contributed by atoms with Gasteiger partial charge in [-0.1, -0.05) is 26.3 Å². The average molecular weight is 100 g/mol. The molecule has 0 bridgehead atoms. The molecule has 0 saturated carbocycles. The van der Waals surface area contributed by atoms with Gasteiger partial charge in [-0.25, -0.2) is 0 Å². The SMILES string of the molecule is CC1(C)CC[SiH2]1. The van der Waals surface area contributed by atoms with Crippen LogP contribution >= 0.6 is 0 Å². The van der Waals surface area contributed by atoms with Crippen molar-refractivity contribution in [1.29, 1.82) is 0 Å². The highest BCUT2D eigenvalue weighted by Gasteiger charge is 2.25. The molecule has 0 aromatic rings. The Morgan fingerprint density at radius 2 is 1.83 bits per heavy atom. The lowest BCUT2D eigenvalue weighted by Crippen LogP contribution is -2.22. The van der Waals surface area contributed by atoms with Crippen LogP contribution in [0.25, 0.3) is 0 Å². The van der Waals surface area contributed by atoms with Crippen molar-refractivity contribution in [1.82, 2.24) is 0 Å². The van der Waals surface area contributed by atoms with E-state index < -0.39 is 0 Å². The minimum Gasteiger partial charge on any atom is -0.0629 e. The Morgan fingerprint density at radius 3 is 1.83 bits per heavy atom. The molecule has 0 nitrogen and oxygen atoms in total. The van der Waals surface area contributed by atoms with Gasteiger partial charge in [-0.3, -0.25) is 0 Å². The third-order valence-electron chi connectivity index (χ3n) is 1.71. The Hall–Kier alpha value is 0.217. The van der Waals surface area contributed by atoms with Gasteiger partial charge in [0.05, 0.1) is 0 Å². The molecule has 0 amide bonds. The number of rotatable bonds is 0. The van der Waals surface area contributed by atoms with Crippen molar-refractivity contribution in [3.8, 4) is 0 Å². The molecule has 1 aliphatic heterocycles. The third-order valence-corrected chi connectivity index (χ3v) is 4.12. The standard InChI is InChI=1S/C5H12Si/c1-5(2)3-4-6-5/h3-4,6H2,1-2H3. The van der Waals surface area contributed by atoms with Gasteiger partial charge in [-0.2, -0.15) is 0 Å². The summed E-state index contributed by atoms with van der Waals surface area (Å²) in [5.41, 5.74) is 0. The molecule has 0 N–H and O–H groups in total.